The third-order valence-corrected chi connectivity index (χ3v) is 6.50. The van der Waals surface area contributed by atoms with Gasteiger partial charge in [-0.25, -0.2) is 4.68 Å². The van der Waals surface area contributed by atoms with Gasteiger partial charge >= 0.3 is 5.97 Å². The summed E-state index contributed by atoms with van der Waals surface area (Å²) < 4.78 is 7.17. The van der Waals surface area contributed by atoms with E-state index < -0.39 is 0 Å². The van der Waals surface area contributed by atoms with Gasteiger partial charge in [0, 0.05) is 11.8 Å². The summed E-state index contributed by atoms with van der Waals surface area (Å²) >= 11 is 2.41. The fourth-order valence-electron chi connectivity index (χ4n) is 2.99. The number of hydrogen-bond donors (Lipinski definition) is 1. The van der Waals surface area contributed by atoms with Gasteiger partial charge in [0.2, 0.25) is 5.13 Å². The van der Waals surface area contributed by atoms with Crippen LogP contribution in [0.1, 0.15) is 22.8 Å². The molecule has 0 spiro atoms. The van der Waals surface area contributed by atoms with Crippen molar-refractivity contribution in [3.05, 3.63) is 71.9 Å². The normalized spacial score (nSPS) is 10.7. The molecule has 0 fully saturated rings. The van der Waals surface area contributed by atoms with Crippen molar-refractivity contribution in [2.75, 3.05) is 17.7 Å². The second-order valence-corrected chi connectivity index (χ2v) is 9.16. The molecule has 10 heteroatoms. The Hall–Kier alpha value is -3.50. The minimum atomic E-state index is -0.342. The summed E-state index contributed by atoms with van der Waals surface area (Å²) in [7, 11) is 0. The van der Waals surface area contributed by atoms with E-state index in [1.807, 2.05) is 61.5 Å². The number of carbonyl (C=O) groups is 2. The molecule has 33 heavy (non-hydrogen) atoms. The predicted molar refractivity (Wildman–Crippen MR) is 129 cm³/mol. The van der Waals surface area contributed by atoms with Gasteiger partial charge in [-0.2, -0.15) is 5.10 Å². The number of ether oxygens (including phenoxy) is 1. The van der Waals surface area contributed by atoms with Crippen molar-refractivity contribution in [3.63, 3.8) is 0 Å². The molecule has 4 rings (SSSR count). The van der Waals surface area contributed by atoms with E-state index in [9.17, 15) is 9.59 Å². The average Bonchev–Trinajstić information content (AvgIpc) is 3.46. The van der Waals surface area contributed by atoms with Gasteiger partial charge in [-0.3, -0.25) is 14.9 Å². The van der Waals surface area contributed by atoms with Crippen LogP contribution in [0.3, 0.4) is 0 Å². The number of rotatable bonds is 8. The second-order valence-electron chi connectivity index (χ2n) is 6.96. The molecule has 0 radical (unpaired) electrons. The van der Waals surface area contributed by atoms with E-state index in [0.717, 1.165) is 16.8 Å². The standard InChI is InChI=1S/C23H21N5O3S2/c1-3-31-19(29)14-32-23-26-25-22(33-23)24-21(30)18-13-28(17-11-9-15(2)10-12-17)27-20(18)16-7-5-4-6-8-16/h4-13H,3,14H2,1-2H3,(H,24,25,30). The maximum Gasteiger partial charge on any atom is 0.316 e. The van der Waals surface area contributed by atoms with Crippen LogP contribution in [0.4, 0.5) is 5.13 Å². The molecule has 1 amide bonds. The van der Waals surface area contributed by atoms with E-state index in [-0.39, 0.29) is 17.6 Å². The molecular formula is C23H21N5O3S2. The van der Waals surface area contributed by atoms with Gasteiger partial charge in [0.15, 0.2) is 4.34 Å². The van der Waals surface area contributed by atoms with Gasteiger partial charge in [0.25, 0.3) is 5.91 Å². The van der Waals surface area contributed by atoms with Crippen molar-refractivity contribution < 1.29 is 14.3 Å². The van der Waals surface area contributed by atoms with Crippen LogP contribution >= 0.6 is 23.1 Å². The van der Waals surface area contributed by atoms with Gasteiger partial charge in [-0.1, -0.05) is 71.1 Å². The quantitative estimate of drug-likeness (QED) is 0.224. The zero-order chi connectivity index (χ0) is 23.2. The van der Waals surface area contributed by atoms with Crippen LogP contribution in [-0.2, 0) is 9.53 Å². The van der Waals surface area contributed by atoms with Gasteiger partial charge in [-0.15, -0.1) is 10.2 Å². The van der Waals surface area contributed by atoms with Crippen LogP contribution in [0.25, 0.3) is 16.9 Å². The molecule has 0 aliphatic carbocycles. The van der Waals surface area contributed by atoms with Crippen LogP contribution in [0.5, 0.6) is 0 Å². The van der Waals surface area contributed by atoms with E-state index in [2.05, 4.69) is 20.6 Å². The summed E-state index contributed by atoms with van der Waals surface area (Å²) in [6.45, 7) is 4.10. The number of thioether (sulfide) groups is 1. The molecule has 2 aromatic carbocycles. The first-order valence-electron chi connectivity index (χ1n) is 10.2. The summed E-state index contributed by atoms with van der Waals surface area (Å²) in [6.07, 6.45) is 1.71. The molecule has 1 N–H and O–H groups in total. The predicted octanol–water partition coefficient (Wildman–Crippen LogP) is 4.61. The number of carbonyl (C=O) groups excluding carboxylic acids is 2. The van der Waals surface area contributed by atoms with Crippen LogP contribution < -0.4 is 5.32 Å². The second kappa shape index (κ2) is 10.4. The average molecular weight is 480 g/mol. The van der Waals surface area contributed by atoms with Gasteiger partial charge in [-0.05, 0) is 26.0 Å². The van der Waals surface area contributed by atoms with E-state index in [4.69, 9.17) is 4.74 Å². The molecule has 168 valence electrons. The summed E-state index contributed by atoms with van der Waals surface area (Å²) in [5.41, 5.74) is 3.80. The monoisotopic (exact) mass is 479 g/mol. The highest BCUT2D eigenvalue weighted by Crippen LogP contribution is 2.28. The lowest BCUT2D eigenvalue weighted by molar-refractivity contribution is -0.139. The van der Waals surface area contributed by atoms with E-state index in [1.165, 1.54) is 23.1 Å². The fourth-order valence-corrected chi connectivity index (χ4v) is 4.53. The number of nitrogens with zero attached hydrogens (tertiary/aromatic N) is 4. The molecule has 0 aliphatic rings. The molecule has 0 unspecified atom stereocenters. The molecule has 0 saturated carbocycles. The first kappa shape index (κ1) is 22.7. The summed E-state index contributed by atoms with van der Waals surface area (Å²) in [5, 5.41) is 15.9. The Morgan fingerprint density at radius 3 is 2.58 bits per heavy atom. The van der Waals surface area contributed by atoms with Crippen molar-refractivity contribution >= 4 is 40.1 Å². The number of aryl methyl sites for hydroxylation is 1. The summed E-state index contributed by atoms with van der Waals surface area (Å²) in [6, 6.07) is 17.4. The molecular weight excluding hydrogens is 458 g/mol. The first-order chi connectivity index (χ1) is 16.0. The largest absolute Gasteiger partial charge is 0.465 e. The number of nitrogens with one attached hydrogen (secondary N) is 1. The fraction of sp³-hybridized carbons (Fsp3) is 0.174. The molecule has 0 atom stereocenters. The molecule has 0 bridgehead atoms. The minimum absolute atomic E-state index is 0.137. The minimum Gasteiger partial charge on any atom is -0.465 e. The molecule has 2 aromatic heterocycles. The number of amides is 1. The van der Waals surface area contributed by atoms with E-state index in [0.29, 0.717) is 27.3 Å². The van der Waals surface area contributed by atoms with E-state index >= 15 is 0 Å². The lowest BCUT2D eigenvalue weighted by Crippen LogP contribution is -2.12. The van der Waals surface area contributed by atoms with Gasteiger partial charge in [0.1, 0.15) is 5.69 Å². The number of benzene rings is 2. The van der Waals surface area contributed by atoms with Gasteiger partial charge in [0.05, 0.1) is 23.6 Å². The Labute approximate surface area is 199 Å². The topological polar surface area (TPSA) is 99.0 Å². The molecule has 4 aromatic rings. The third kappa shape index (κ3) is 5.65. The first-order valence-corrected chi connectivity index (χ1v) is 12.0. The number of esters is 1. The Bertz CT molecular complexity index is 1250. The highest BCUT2D eigenvalue weighted by atomic mass is 32.2. The zero-order valence-corrected chi connectivity index (χ0v) is 19.7. The van der Waals surface area contributed by atoms with Crippen LogP contribution in [0, 0.1) is 6.92 Å². The van der Waals surface area contributed by atoms with Gasteiger partial charge < -0.3 is 4.74 Å². The van der Waals surface area contributed by atoms with Crippen molar-refractivity contribution in [1.82, 2.24) is 20.0 Å². The Morgan fingerprint density at radius 1 is 1.09 bits per heavy atom. The number of hydrogen-bond acceptors (Lipinski definition) is 8. The van der Waals surface area contributed by atoms with Crippen molar-refractivity contribution in [2.24, 2.45) is 0 Å². The molecule has 0 aliphatic heterocycles. The Kier molecular flexibility index (Phi) is 7.16. The molecule has 2 heterocycles. The molecule has 0 saturated heterocycles. The number of anilines is 1. The van der Waals surface area contributed by atoms with E-state index in [1.54, 1.807) is 17.8 Å². The number of aromatic nitrogens is 4. The maximum atomic E-state index is 13.2. The lowest BCUT2D eigenvalue weighted by Gasteiger charge is -2.02. The third-order valence-electron chi connectivity index (χ3n) is 4.55. The highest BCUT2D eigenvalue weighted by molar-refractivity contribution is 8.01. The summed E-state index contributed by atoms with van der Waals surface area (Å²) in [4.78, 5) is 24.7. The summed E-state index contributed by atoms with van der Waals surface area (Å²) in [5.74, 6) is -0.526. The van der Waals surface area contributed by atoms with Crippen LogP contribution in [0.15, 0.2) is 65.1 Å². The SMILES string of the molecule is CCOC(=O)CSc1nnc(NC(=O)c2cn(-c3ccc(C)cc3)nc2-c2ccccc2)s1. The van der Waals surface area contributed by atoms with Crippen molar-refractivity contribution in [1.29, 1.82) is 0 Å². The zero-order valence-electron chi connectivity index (χ0n) is 18.0. The molecule has 8 nitrogen and oxygen atoms in total. The van der Waals surface area contributed by atoms with Crippen LogP contribution in [0.2, 0.25) is 0 Å². The Morgan fingerprint density at radius 2 is 1.85 bits per heavy atom. The Balaban J connectivity index is 1.57. The highest BCUT2D eigenvalue weighted by Gasteiger charge is 2.20. The van der Waals surface area contributed by atoms with Crippen LogP contribution in [-0.4, -0.2) is 44.2 Å². The lowest BCUT2D eigenvalue weighted by atomic mass is 10.1. The maximum absolute atomic E-state index is 13.2. The van der Waals surface area contributed by atoms with Crippen molar-refractivity contribution in [3.8, 4) is 16.9 Å². The smallest absolute Gasteiger partial charge is 0.316 e. The van der Waals surface area contributed by atoms with Crippen molar-refractivity contribution in [2.45, 2.75) is 18.2 Å².